The fraction of sp³-hybridized carbons (Fsp3) is 0.346. The Hall–Kier alpha value is -2.19. The molecule has 3 rings (SSSR count). The minimum atomic E-state index is 0. The van der Waals surface area contributed by atoms with Crippen LogP contribution in [0.1, 0.15) is 48.2 Å². The second kappa shape index (κ2) is 12.2. The van der Waals surface area contributed by atoms with Crippen molar-refractivity contribution in [1.29, 1.82) is 0 Å². The molecule has 2 aromatic carbocycles. The third-order valence-corrected chi connectivity index (χ3v) is 6.74. The molecule has 3 aromatic rings. The molecular weight excluding hydrogens is 459 g/mol. The van der Waals surface area contributed by atoms with Gasteiger partial charge in [-0.3, -0.25) is 0 Å². The summed E-state index contributed by atoms with van der Waals surface area (Å²) in [6.07, 6.45) is 9.08. The van der Waals surface area contributed by atoms with Crippen molar-refractivity contribution in [2.24, 2.45) is 0 Å². The summed E-state index contributed by atoms with van der Waals surface area (Å²) in [5, 5.41) is 1.57. The standard InChI is InChI=1S/C26H29ClN2OS.ClH/c1-6-8-14-23(20-12-10-9-11-13-20)29(15-7-2)26-28-25(19(4)31-26)21-16-18(3)24(30-5)17-22(21)27;/h2,9-13,16-17,23H,6,8,14-15H2,1,3-5H3;1H/t23-;/m0./s1. The smallest absolute Gasteiger partial charge is 0.187 e. The number of terminal acetylenes is 1. The summed E-state index contributed by atoms with van der Waals surface area (Å²) in [6, 6.07) is 14.7. The Morgan fingerprint density at radius 1 is 1.22 bits per heavy atom. The van der Waals surface area contributed by atoms with Crippen molar-refractivity contribution in [2.45, 2.75) is 46.1 Å². The maximum absolute atomic E-state index is 6.60. The molecule has 0 amide bonds. The molecular formula is C26H30Cl2N2OS. The summed E-state index contributed by atoms with van der Waals surface area (Å²) >= 11 is 8.27. The van der Waals surface area contributed by atoms with Crippen LogP contribution in [0, 0.1) is 26.2 Å². The van der Waals surface area contributed by atoms with Crippen LogP contribution in [-0.2, 0) is 0 Å². The minimum absolute atomic E-state index is 0. The third kappa shape index (κ3) is 5.78. The summed E-state index contributed by atoms with van der Waals surface area (Å²) in [6.45, 7) is 6.82. The van der Waals surface area contributed by atoms with Crippen LogP contribution in [0.5, 0.6) is 5.75 Å². The number of aromatic nitrogens is 1. The van der Waals surface area contributed by atoms with Gasteiger partial charge in [0.25, 0.3) is 0 Å². The summed E-state index contributed by atoms with van der Waals surface area (Å²) in [5.74, 6) is 3.62. The highest BCUT2D eigenvalue weighted by molar-refractivity contribution is 7.16. The quantitative estimate of drug-likeness (QED) is 0.286. The van der Waals surface area contributed by atoms with Gasteiger partial charge in [0.1, 0.15) is 5.75 Å². The number of hydrogen-bond donors (Lipinski definition) is 0. The molecule has 0 unspecified atom stereocenters. The molecule has 0 aliphatic rings. The molecule has 170 valence electrons. The van der Waals surface area contributed by atoms with Crippen LogP contribution in [0.15, 0.2) is 42.5 Å². The fourth-order valence-corrected chi connectivity index (χ4v) is 5.02. The summed E-state index contributed by atoms with van der Waals surface area (Å²) in [7, 11) is 1.66. The molecule has 0 N–H and O–H groups in total. The lowest BCUT2D eigenvalue weighted by molar-refractivity contribution is 0.412. The molecule has 0 aliphatic heterocycles. The molecule has 0 aliphatic carbocycles. The molecule has 6 heteroatoms. The first kappa shape index (κ1) is 26.1. The van der Waals surface area contributed by atoms with E-state index in [1.165, 1.54) is 5.56 Å². The van der Waals surface area contributed by atoms with E-state index in [2.05, 4.69) is 48.9 Å². The van der Waals surface area contributed by atoms with Gasteiger partial charge in [-0.2, -0.15) is 0 Å². The number of anilines is 1. The molecule has 32 heavy (non-hydrogen) atoms. The van der Waals surface area contributed by atoms with Crippen molar-refractivity contribution in [2.75, 3.05) is 18.6 Å². The third-order valence-electron chi connectivity index (χ3n) is 5.42. The lowest BCUT2D eigenvalue weighted by Crippen LogP contribution is -2.29. The Morgan fingerprint density at radius 2 is 1.94 bits per heavy atom. The molecule has 0 saturated heterocycles. The van der Waals surface area contributed by atoms with E-state index in [4.69, 9.17) is 27.7 Å². The second-order valence-corrected chi connectivity index (χ2v) is 9.19. The van der Waals surface area contributed by atoms with Gasteiger partial charge in [0.2, 0.25) is 0 Å². The number of halogens is 2. The molecule has 0 radical (unpaired) electrons. The Bertz CT molecular complexity index is 1060. The Labute approximate surface area is 207 Å². The van der Waals surface area contributed by atoms with E-state index in [9.17, 15) is 0 Å². The average molecular weight is 490 g/mol. The highest BCUT2D eigenvalue weighted by Crippen LogP contribution is 2.41. The number of thiazole rings is 1. The number of benzene rings is 2. The van der Waals surface area contributed by atoms with Crippen LogP contribution >= 0.6 is 35.3 Å². The highest BCUT2D eigenvalue weighted by Gasteiger charge is 2.24. The van der Waals surface area contributed by atoms with Crippen molar-refractivity contribution in [3.05, 3.63) is 63.5 Å². The normalized spacial score (nSPS) is 11.4. The Morgan fingerprint density at radius 3 is 2.56 bits per heavy atom. The molecule has 1 heterocycles. The molecule has 0 bridgehead atoms. The number of nitrogens with zero attached hydrogens (tertiary/aromatic N) is 2. The van der Waals surface area contributed by atoms with Gasteiger partial charge in [0.05, 0.1) is 30.4 Å². The summed E-state index contributed by atoms with van der Waals surface area (Å²) in [5.41, 5.74) is 4.12. The predicted molar refractivity (Wildman–Crippen MR) is 141 cm³/mol. The number of aryl methyl sites for hydroxylation is 2. The molecule has 1 aromatic heterocycles. The Balaban J connectivity index is 0.00000363. The minimum Gasteiger partial charge on any atom is -0.496 e. The van der Waals surface area contributed by atoms with Crippen molar-refractivity contribution < 1.29 is 4.74 Å². The van der Waals surface area contributed by atoms with E-state index in [-0.39, 0.29) is 18.4 Å². The zero-order valence-electron chi connectivity index (χ0n) is 19.0. The van der Waals surface area contributed by atoms with Gasteiger partial charge in [-0.15, -0.1) is 30.2 Å². The van der Waals surface area contributed by atoms with Gasteiger partial charge in [0, 0.05) is 10.4 Å². The van der Waals surface area contributed by atoms with Crippen LogP contribution in [0.4, 0.5) is 5.13 Å². The van der Waals surface area contributed by atoms with Crippen LogP contribution in [-0.4, -0.2) is 18.6 Å². The monoisotopic (exact) mass is 488 g/mol. The topological polar surface area (TPSA) is 25.4 Å². The number of methoxy groups -OCH3 is 1. The SMILES string of the molecule is C#CCN(c1nc(-c2cc(C)c(OC)cc2Cl)c(C)s1)[C@@H](CCCC)c1ccccc1.Cl. The molecule has 1 atom stereocenters. The van der Waals surface area contributed by atoms with E-state index >= 15 is 0 Å². The highest BCUT2D eigenvalue weighted by atomic mass is 35.5. The van der Waals surface area contributed by atoms with Gasteiger partial charge in [-0.1, -0.05) is 67.6 Å². The Kier molecular flexibility index (Phi) is 9.90. The maximum Gasteiger partial charge on any atom is 0.187 e. The van der Waals surface area contributed by atoms with Crippen molar-refractivity contribution >= 4 is 40.5 Å². The first-order chi connectivity index (χ1) is 15.0. The van der Waals surface area contributed by atoms with Crippen LogP contribution < -0.4 is 9.64 Å². The molecule has 0 saturated carbocycles. The predicted octanol–water partition coefficient (Wildman–Crippen LogP) is 7.88. The fourth-order valence-electron chi connectivity index (χ4n) is 3.80. The van der Waals surface area contributed by atoms with Crippen molar-refractivity contribution in [3.8, 4) is 29.4 Å². The average Bonchev–Trinajstić information content (AvgIpc) is 3.16. The van der Waals surface area contributed by atoms with Gasteiger partial charge < -0.3 is 9.64 Å². The number of ether oxygens (including phenoxy) is 1. The number of hydrogen-bond acceptors (Lipinski definition) is 4. The summed E-state index contributed by atoms with van der Waals surface area (Å²) < 4.78 is 5.41. The molecule has 0 spiro atoms. The lowest BCUT2D eigenvalue weighted by Gasteiger charge is -2.30. The van der Waals surface area contributed by atoms with Gasteiger partial charge in [-0.05, 0) is 43.5 Å². The van der Waals surface area contributed by atoms with E-state index < -0.39 is 0 Å². The van der Waals surface area contributed by atoms with Gasteiger partial charge in [-0.25, -0.2) is 4.98 Å². The molecule has 3 nitrogen and oxygen atoms in total. The first-order valence-electron chi connectivity index (χ1n) is 10.6. The van der Waals surface area contributed by atoms with Crippen LogP contribution in [0.3, 0.4) is 0 Å². The number of rotatable bonds is 9. The van der Waals surface area contributed by atoms with E-state index in [1.54, 1.807) is 18.4 Å². The van der Waals surface area contributed by atoms with Crippen molar-refractivity contribution in [1.82, 2.24) is 4.98 Å². The largest absolute Gasteiger partial charge is 0.496 e. The zero-order chi connectivity index (χ0) is 22.4. The van der Waals surface area contributed by atoms with E-state index in [0.29, 0.717) is 11.6 Å². The van der Waals surface area contributed by atoms with Gasteiger partial charge >= 0.3 is 0 Å². The first-order valence-corrected chi connectivity index (χ1v) is 11.8. The molecule has 0 fully saturated rings. The van der Waals surface area contributed by atoms with E-state index in [1.807, 2.05) is 25.1 Å². The maximum atomic E-state index is 6.60. The summed E-state index contributed by atoms with van der Waals surface area (Å²) in [4.78, 5) is 8.41. The number of unbranched alkanes of at least 4 members (excludes halogenated alkanes) is 1. The second-order valence-electron chi connectivity index (χ2n) is 7.60. The van der Waals surface area contributed by atoms with Crippen LogP contribution in [0.25, 0.3) is 11.3 Å². The zero-order valence-corrected chi connectivity index (χ0v) is 21.4. The van der Waals surface area contributed by atoms with Crippen LogP contribution in [0.2, 0.25) is 5.02 Å². The van der Waals surface area contributed by atoms with E-state index in [0.717, 1.165) is 51.8 Å². The lowest BCUT2D eigenvalue weighted by atomic mass is 10.00. The van der Waals surface area contributed by atoms with Gasteiger partial charge in [0.15, 0.2) is 5.13 Å². The van der Waals surface area contributed by atoms with Crippen molar-refractivity contribution in [3.63, 3.8) is 0 Å².